The highest BCUT2D eigenvalue weighted by Crippen LogP contribution is 2.28. The summed E-state index contributed by atoms with van der Waals surface area (Å²) in [5.74, 6) is 0.500. The van der Waals surface area contributed by atoms with Crippen molar-refractivity contribution in [3.63, 3.8) is 0 Å². The molecule has 0 aliphatic carbocycles. The third-order valence-electron chi connectivity index (χ3n) is 2.65. The lowest BCUT2D eigenvalue weighted by Crippen LogP contribution is -1.98. The third kappa shape index (κ3) is 2.33. The lowest BCUT2D eigenvalue weighted by Gasteiger charge is -2.07. The molecule has 4 heteroatoms. The Morgan fingerprint density at radius 3 is 2.53 bits per heavy atom. The van der Waals surface area contributed by atoms with Gasteiger partial charge in [0, 0.05) is 0 Å². The fraction of sp³-hybridized carbons (Fsp3) is 0. The van der Waals surface area contributed by atoms with Gasteiger partial charge in [0.1, 0.15) is 22.9 Å². The molecule has 0 spiro atoms. The van der Waals surface area contributed by atoms with Gasteiger partial charge in [-0.15, -0.1) is 0 Å². The minimum absolute atomic E-state index is 0.343. The minimum Gasteiger partial charge on any atom is -0.456 e. The van der Waals surface area contributed by atoms with Gasteiger partial charge in [-0.2, -0.15) is 0 Å². The van der Waals surface area contributed by atoms with Crippen molar-refractivity contribution >= 4 is 11.0 Å². The van der Waals surface area contributed by atoms with Crippen molar-refractivity contribution < 1.29 is 13.5 Å². The highest BCUT2D eigenvalue weighted by Gasteiger charge is 2.07. The summed E-state index contributed by atoms with van der Waals surface area (Å²) in [7, 11) is 0. The number of fused-ring (bicyclic) bond motifs is 1. The molecule has 19 heavy (non-hydrogen) atoms. The smallest absolute Gasteiger partial charge is 0.339 e. The summed E-state index contributed by atoms with van der Waals surface area (Å²) >= 11 is 0. The van der Waals surface area contributed by atoms with Crippen LogP contribution in [0.4, 0.5) is 4.39 Å². The van der Waals surface area contributed by atoms with Gasteiger partial charge in [0.15, 0.2) is 0 Å². The van der Waals surface area contributed by atoms with E-state index in [1.54, 1.807) is 18.2 Å². The number of para-hydroxylation sites is 1. The van der Waals surface area contributed by atoms with Crippen molar-refractivity contribution in [1.82, 2.24) is 0 Å². The maximum absolute atomic E-state index is 12.8. The van der Waals surface area contributed by atoms with Crippen LogP contribution in [-0.2, 0) is 0 Å². The molecule has 0 bridgehead atoms. The van der Waals surface area contributed by atoms with Crippen molar-refractivity contribution in [2.75, 3.05) is 0 Å². The second kappa shape index (κ2) is 4.57. The number of hydrogen-bond donors (Lipinski definition) is 0. The van der Waals surface area contributed by atoms with E-state index in [0.717, 1.165) is 0 Å². The van der Waals surface area contributed by atoms with Gasteiger partial charge in [-0.05, 0) is 36.4 Å². The van der Waals surface area contributed by atoms with Crippen LogP contribution < -0.4 is 10.4 Å². The second-order valence-corrected chi connectivity index (χ2v) is 3.98. The van der Waals surface area contributed by atoms with E-state index < -0.39 is 5.63 Å². The zero-order valence-electron chi connectivity index (χ0n) is 9.80. The number of hydrogen-bond acceptors (Lipinski definition) is 3. The molecule has 0 fully saturated rings. The van der Waals surface area contributed by atoms with E-state index in [0.29, 0.717) is 22.5 Å². The summed E-state index contributed by atoms with van der Waals surface area (Å²) in [6.07, 6.45) is 0. The maximum Gasteiger partial charge on any atom is 0.339 e. The predicted octanol–water partition coefficient (Wildman–Crippen LogP) is 3.72. The maximum atomic E-state index is 12.8. The van der Waals surface area contributed by atoms with Gasteiger partial charge in [0.25, 0.3) is 0 Å². The molecule has 2 aromatic carbocycles. The van der Waals surface area contributed by atoms with Gasteiger partial charge in [0.05, 0.1) is 11.5 Å². The zero-order valence-corrected chi connectivity index (χ0v) is 9.80. The van der Waals surface area contributed by atoms with E-state index in [9.17, 15) is 9.18 Å². The molecule has 0 radical (unpaired) electrons. The average molecular weight is 256 g/mol. The van der Waals surface area contributed by atoms with Crippen LogP contribution in [0.15, 0.2) is 63.8 Å². The van der Waals surface area contributed by atoms with Gasteiger partial charge in [-0.3, -0.25) is 0 Å². The molecule has 3 nitrogen and oxygen atoms in total. The molecule has 0 unspecified atom stereocenters. The van der Waals surface area contributed by atoms with Gasteiger partial charge in [-0.1, -0.05) is 12.1 Å². The fourth-order valence-electron chi connectivity index (χ4n) is 1.80. The molecule has 1 heterocycles. The Hall–Kier alpha value is -2.62. The van der Waals surface area contributed by atoms with E-state index in [-0.39, 0.29) is 5.82 Å². The molecule has 0 N–H and O–H groups in total. The Bertz CT molecular complexity index is 775. The fourth-order valence-corrected chi connectivity index (χ4v) is 1.80. The van der Waals surface area contributed by atoms with Crippen molar-refractivity contribution in [3.05, 3.63) is 70.8 Å². The van der Waals surface area contributed by atoms with Crippen LogP contribution in [0.2, 0.25) is 0 Å². The number of halogens is 1. The monoisotopic (exact) mass is 256 g/mol. The van der Waals surface area contributed by atoms with Crippen LogP contribution in [-0.4, -0.2) is 0 Å². The molecule has 0 aliphatic rings. The van der Waals surface area contributed by atoms with Crippen molar-refractivity contribution in [2.45, 2.75) is 0 Å². The third-order valence-corrected chi connectivity index (χ3v) is 2.65. The molecule has 0 atom stereocenters. The quantitative estimate of drug-likeness (QED) is 0.656. The van der Waals surface area contributed by atoms with Crippen molar-refractivity contribution in [1.29, 1.82) is 0 Å². The Morgan fingerprint density at radius 1 is 1.00 bits per heavy atom. The number of benzene rings is 2. The lowest BCUT2D eigenvalue weighted by molar-refractivity contribution is 0.473. The summed E-state index contributed by atoms with van der Waals surface area (Å²) in [6.45, 7) is 0. The van der Waals surface area contributed by atoms with Crippen molar-refractivity contribution in [2.24, 2.45) is 0 Å². The molecule has 0 saturated heterocycles. The van der Waals surface area contributed by atoms with Crippen LogP contribution >= 0.6 is 0 Å². The topological polar surface area (TPSA) is 39.4 Å². The molecule has 1 aromatic heterocycles. The number of rotatable bonds is 2. The summed E-state index contributed by atoms with van der Waals surface area (Å²) in [5, 5.41) is 0.687. The van der Waals surface area contributed by atoms with E-state index in [4.69, 9.17) is 9.15 Å². The molecule has 94 valence electrons. The van der Waals surface area contributed by atoms with Crippen LogP contribution in [0.25, 0.3) is 11.0 Å². The highest BCUT2D eigenvalue weighted by molar-refractivity contribution is 5.83. The standard InChI is InChI=1S/C15H9FO3/c16-10-5-7-11(8-6-10)18-14-9-15(17)19-13-4-2-1-3-12(13)14/h1-9H. The van der Waals surface area contributed by atoms with E-state index in [1.807, 2.05) is 6.07 Å². The van der Waals surface area contributed by atoms with Gasteiger partial charge >= 0.3 is 5.63 Å². The van der Waals surface area contributed by atoms with Crippen LogP contribution in [0, 0.1) is 5.82 Å². The highest BCUT2D eigenvalue weighted by atomic mass is 19.1. The summed E-state index contributed by atoms with van der Waals surface area (Å²) in [4.78, 5) is 11.4. The molecule has 0 saturated carbocycles. The number of ether oxygens (including phenoxy) is 1. The molecule has 3 aromatic rings. The van der Waals surface area contributed by atoms with Gasteiger partial charge in [-0.25, -0.2) is 9.18 Å². The Kier molecular flexibility index (Phi) is 2.76. The van der Waals surface area contributed by atoms with Crippen molar-refractivity contribution in [3.8, 4) is 11.5 Å². The van der Waals surface area contributed by atoms with Crippen LogP contribution in [0.1, 0.15) is 0 Å². The van der Waals surface area contributed by atoms with E-state index >= 15 is 0 Å². The first-order valence-electron chi connectivity index (χ1n) is 5.69. The normalized spacial score (nSPS) is 10.6. The van der Waals surface area contributed by atoms with Crippen LogP contribution in [0.3, 0.4) is 0 Å². The van der Waals surface area contributed by atoms with Gasteiger partial charge in [0.2, 0.25) is 0 Å². The molecule has 0 amide bonds. The Morgan fingerprint density at radius 2 is 1.74 bits per heavy atom. The second-order valence-electron chi connectivity index (χ2n) is 3.98. The SMILES string of the molecule is O=c1cc(Oc2ccc(F)cc2)c2ccccc2o1. The summed E-state index contributed by atoms with van der Waals surface area (Å²) < 4.78 is 23.5. The predicted molar refractivity (Wildman–Crippen MR) is 69.0 cm³/mol. The first-order valence-corrected chi connectivity index (χ1v) is 5.69. The molecule has 3 rings (SSSR count). The summed E-state index contributed by atoms with van der Waals surface area (Å²) in [5.41, 5.74) is -0.0390. The summed E-state index contributed by atoms with van der Waals surface area (Å²) in [6, 6.07) is 13.9. The average Bonchev–Trinajstić information content (AvgIpc) is 2.41. The van der Waals surface area contributed by atoms with E-state index in [1.165, 1.54) is 30.3 Å². The molecular weight excluding hydrogens is 247 g/mol. The first-order chi connectivity index (χ1) is 9.22. The zero-order chi connectivity index (χ0) is 13.2. The Balaban J connectivity index is 2.09. The molecular formula is C15H9FO3. The van der Waals surface area contributed by atoms with Gasteiger partial charge < -0.3 is 9.15 Å². The van der Waals surface area contributed by atoms with Crippen LogP contribution in [0.5, 0.6) is 11.5 Å². The van der Waals surface area contributed by atoms with E-state index in [2.05, 4.69) is 0 Å². The minimum atomic E-state index is -0.490. The lowest BCUT2D eigenvalue weighted by atomic mass is 10.2. The largest absolute Gasteiger partial charge is 0.456 e. The molecule has 0 aliphatic heterocycles. The first kappa shape index (κ1) is 11.5. The Labute approximate surface area is 107 Å².